The average molecular weight is 312 g/mol. The number of anilines is 3. The molecule has 0 amide bonds. The number of para-hydroxylation sites is 1. The number of nitrogens with one attached hydrogen (secondary N) is 2. The van der Waals surface area contributed by atoms with Gasteiger partial charge in [-0.25, -0.2) is 4.98 Å². The Kier molecular flexibility index (Phi) is 5.92. The zero-order chi connectivity index (χ0) is 16.7. The van der Waals surface area contributed by atoms with Gasteiger partial charge in [-0.2, -0.15) is 5.26 Å². The average Bonchev–Trinajstić information content (AvgIpc) is 2.54. The normalized spacial score (nSPS) is 11.6. The van der Waals surface area contributed by atoms with E-state index < -0.39 is 0 Å². The summed E-state index contributed by atoms with van der Waals surface area (Å²) in [6.07, 6.45) is -0.299. The van der Waals surface area contributed by atoms with Gasteiger partial charge in [0.05, 0.1) is 18.8 Å². The molecule has 0 fully saturated rings. The van der Waals surface area contributed by atoms with Crippen LogP contribution in [0.3, 0.4) is 0 Å². The lowest BCUT2D eigenvalue weighted by atomic mass is 10.1. The standard InChI is InChI=1S/C17H20N4O2/c1-12-10-16(19-13(2)23-9-8-22)21-17(15(12)11-18)20-14-6-4-3-5-7-14/h3-7,10,13,22H,8-9H2,1-2H3,(H2,19,20,21). The number of ether oxygens (including phenoxy) is 1. The maximum atomic E-state index is 9.36. The number of rotatable bonds is 7. The van der Waals surface area contributed by atoms with E-state index in [1.807, 2.05) is 44.2 Å². The highest BCUT2D eigenvalue weighted by atomic mass is 16.5. The predicted molar refractivity (Wildman–Crippen MR) is 89.5 cm³/mol. The maximum Gasteiger partial charge on any atom is 0.151 e. The van der Waals surface area contributed by atoms with Crippen LogP contribution in [-0.2, 0) is 4.74 Å². The Morgan fingerprint density at radius 1 is 1.35 bits per heavy atom. The van der Waals surface area contributed by atoms with E-state index in [0.29, 0.717) is 17.2 Å². The van der Waals surface area contributed by atoms with Crippen LogP contribution in [0.4, 0.5) is 17.3 Å². The lowest BCUT2D eigenvalue weighted by Crippen LogP contribution is -2.21. The van der Waals surface area contributed by atoms with Gasteiger partial charge in [0, 0.05) is 5.69 Å². The molecule has 0 aliphatic rings. The summed E-state index contributed by atoms with van der Waals surface area (Å²) >= 11 is 0. The van der Waals surface area contributed by atoms with Gasteiger partial charge in [-0.1, -0.05) is 18.2 Å². The molecule has 0 spiro atoms. The Morgan fingerprint density at radius 3 is 2.74 bits per heavy atom. The first-order valence-electron chi connectivity index (χ1n) is 7.37. The molecule has 0 saturated heterocycles. The molecule has 0 aliphatic carbocycles. The van der Waals surface area contributed by atoms with E-state index in [1.54, 1.807) is 6.07 Å². The summed E-state index contributed by atoms with van der Waals surface area (Å²) in [6, 6.07) is 13.5. The minimum Gasteiger partial charge on any atom is -0.394 e. The van der Waals surface area contributed by atoms with E-state index >= 15 is 0 Å². The highest BCUT2D eigenvalue weighted by Crippen LogP contribution is 2.24. The van der Waals surface area contributed by atoms with Gasteiger partial charge in [0.2, 0.25) is 0 Å². The maximum absolute atomic E-state index is 9.36. The lowest BCUT2D eigenvalue weighted by Gasteiger charge is -2.17. The number of aromatic nitrogens is 1. The summed E-state index contributed by atoms with van der Waals surface area (Å²) in [5.74, 6) is 1.10. The molecule has 1 atom stereocenters. The van der Waals surface area contributed by atoms with Crippen molar-refractivity contribution in [3.63, 3.8) is 0 Å². The Hall–Kier alpha value is -2.62. The fourth-order valence-electron chi connectivity index (χ4n) is 2.12. The van der Waals surface area contributed by atoms with Crippen molar-refractivity contribution in [2.75, 3.05) is 23.8 Å². The minimum absolute atomic E-state index is 0.0351. The van der Waals surface area contributed by atoms with Crippen LogP contribution in [-0.4, -0.2) is 29.5 Å². The van der Waals surface area contributed by atoms with Crippen LogP contribution in [0.1, 0.15) is 18.1 Å². The molecular weight excluding hydrogens is 292 g/mol. The van der Waals surface area contributed by atoms with E-state index in [2.05, 4.69) is 21.7 Å². The van der Waals surface area contributed by atoms with E-state index in [1.165, 1.54) is 0 Å². The number of aliphatic hydroxyl groups is 1. The van der Waals surface area contributed by atoms with Gasteiger partial charge in [0.15, 0.2) is 5.82 Å². The van der Waals surface area contributed by atoms with Gasteiger partial charge in [0.25, 0.3) is 0 Å². The Labute approximate surface area is 135 Å². The number of aliphatic hydroxyl groups excluding tert-OH is 1. The van der Waals surface area contributed by atoms with Crippen molar-refractivity contribution in [3.05, 3.63) is 47.5 Å². The van der Waals surface area contributed by atoms with Crippen molar-refractivity contribution in [3.8, 4) is 6.07 Å². The number of pyridine rings is 1. The minimum atomic E-state index is -0.299. The molecule has 0 aliphatic heterocycles. The summed E-state index contributed by atoms with van der Waals surface area (Å²) in [4.78, 5) is 4.46. The van der Waals surface area contributed by atoms with Crippen molar-refractivity contribution in [2.24, 2.45) is 0 Å². The number of benzene rings is 1. The Bertz CT molecular complexity index is 683. The van der Waals surface area contributed by atoms with Gasteiger partial charge in [-0.15, -0.1) is 0 Å². The molecule has 1 unspecified atom stereocenters. The van der Waals surface area contributed by atoms with Crippen LogP contribution in [0.25, 0.3) is 0 Å². The molecule has 23 heavy (non-hydrogen) atoms. The third-order valence-corrected chi connectivity index (χ3v) is 3.18. The predicted octanol–water partition coefficient (Wildman–Crippen LogP) is 2.77. The molecule has 1 heterocycles. The third kappa shape index (κ3) is 4.68. The molecule has 6 nitrogen and oxygen atoms in total. The molecule has 1 aromatic carbocycles. The molecular formula is C17H20N4O2. The van der Waals surface area contributed by atoms with E-state index in [9.17, 15) is 5.26 Å². The topological polar surface area (TPSA) is 90.2 Å². The first kappa shape index (κ1) is 16.7. The summed E-state index contributed by atoms with van der Waals surface area (Å²) in [5.41, 5.74) is 2.18. The zero-order valence-electron chi connectivity index (χ0n) is 13.2. The smallest absolute Gasteiger partial charge is 0.151 e. The van der Waals surface area contributed by atoms with Gasteiger partial charge in [0.1, 0.15) is 18.1 Å². The molecule has 0 saturated carbocycles. The summed E-state index contributed by atoms with van der Waals surface area (Å²) in [7, 11) is 0. The lowest BCUT2D eigenvalue weighted by molar-refractivity contribution is 0.0540. The highest BCUT2D eigenvalue weighted by molar-refractivity contribution is 5.67. The van der Waals surface area contributed by atoms with Crippen LogP contribution in [0.15, 0.2) is 36.4 Å². The van der Waals surface area contributed by atoms with Crippen LogP contribution in [0, 0.1) is 18.3 Å². The molecule has 6 heteroatoms. The summed E-state index contributed by atoms with van der Waals surface area (Å²) in [6.45, 7) is 3.90. The highest BCUT2D eigenvalue weighted by Gasteiger charge is 2.12. The molecule has 3 N–H and O–H groups in total. The van der Waals surface area contributed by atoms with Crippen molar-refractivity contribution in [1.82, 2.24) is 4.98 Å². The SMILES string of the molecule is Cc1cc(NC(C)OCCO)nc(Nc2ccccc2)c1C#N. The first-order chi connectivity index (χ1) is 11.1. The number of hydrogen-bond acceptors (Lipinski definition) is 6. The Balaban J connectivity index is 2.24. The molecule has 2 aromatic rings. The van der Waals surface area contributed by atoms with E-state index in [-0.39, 0.29) is 19.4 Å². The second-order valence-electron chi connectivity index (χ2n) is 5.03. The molecule has 0 bridgehead atoms. The van der Waals surface area contributed by atoms with Crippen molar-refractivity contribution in [1.29, 1.82) is 5.26 Å². The van der Waals surface area contributed by atoms with Crippen molar-refractivity contribution >= 4 is 17.3 Å². The van der Waals surface area contributed by atoms with Gasteiger partial charge < -0.3 is 20.5 Å². The van der Waals surface area contributed by atoms with Gasteiger partial charge >= 0.3 is 0 Å². The Morgan fingerprint density at radius 2 is 2.09 bits per heavy atom. The van der Waals surface area contributed by atoms with Crippen LogP contribution >= 0.6 is 0 Å². The van der Waals surface area contributed by atoms with E-state index in [0.717, 1.165) is 11.3 Å². The number of nitrogens with zero attached hydrogens (tertiary/aromatic N) is 2. The third-order valence-electron chi connectivity index (χ3n) is 3.18. The van der Waals surface area contributed by atoms with Crippen LogP contribution in [0.2, 0.25) is 0 Å². The molecule has 1 aromatic heterocycles. The summed E-state index contributed by atoms with van der Waals surface area (Å²) < 4.78 is 5.36. The quantitative estimate of drug-likeness (QED) is 0.681. The zero-order valence-corrected chi connectivity index (χ0v) is 13.2. The fourth-order valence-corrected chi connectivity index (χ4v) is 2.12. The monoisotopic (exact) mass is 312 g/mol. The molecule has 2 rings (SSSR count). The first-order valence-corrected chi connectivity index (χ1v) is 7.37. The van der Waals surface area contributed by atoms with Gasteiger partial charge in [-0.05, 0) is 37.6 Å². The number of hydrogen-bond donors (Lipinski definition) is 3. The van der Waals surface area contributed by atoms with Crippen LogP contribution in [0.5, 0.6) is 0 Å². The largest absolute Gasteiger partial charge is 0.394 e. The second-order valence-corrected chi connectivity index (χ2v) is 5.03. The fraction of sp³-hybridized carbons (Fsp3) is 0.294. The summed E-state index contributed by atoms with van der Waals surface area (Å²) in [5, 5.41) is 24.4. The van der Waals surface area contributed by atoms with Crippen molar-refractivity contribution in [2.45, 2.75) is 20.1 Å². The van der Waals surface area contributed by atoms with E-state index in [4.69, 9.17) is 9.84 Å². The van der Waals surface area contributed by atoms with Gasteiger partial charge in [-0.3, -0.25) is 0 Å². The van der Waals surface area contributed by atoms with Crippen LogP contribution < -0.4 is 10.6 Å². The number of nitriles is 1. The molecule has 120 valence electrons. The van der Waals surface area contributed by atoms with Crippen molar-refractivity contribution < 1.29 is 9.84 Å². The number of aryl methyl sites for hydroxylation is 1. The second kappa shape index (κ2) is 8.13. The molecule has 0 radical (unpaired) electrons.